The third-order valence-corrected chi connectivity index (χ3v) is 7.98. The second-order valence-corrected chi connectivity index (χ2v) is 10.2. The Bertz CT molecular complexity index is 854. The molecule has 1 unspecified atom stereocenters. The number of phenols is 1. The Hall–Kier alpha value is -2.00. The van der Waals surface area contributed by atoms with Crippen LogP contribution in [-0.2, 0) is 4.74 Å². The van der Waals surface area contributed by atoms with Crippen molar-refractivity contribution in [3.8, 4) is 11.5 Å². The van der Waals surface area contributed by atoms with E-state index in [9.17, 15) is 5.11 Å². The van der Waals surface area contributed by atoms with Crippen LogP contribution in [0.3, 0.4) is 0 Å². The van der Waals surface area contributed by atoms with Crippen molar-refractivity contribution in [2.24, 2.45) is 0 Å². The molecule has 2 aromatic rings. The highest BCUT2D eigenvalue weighted by Crippen LogP contribution is 2.43. The summed E-state index contributed by atoms with van der Waals surface area (Å²) in [5.74, 6) is 3.28. The lowest BCUT2D eigenvalue weighted by Gasteiger charge is -2.30. The summed E-state index contributed by atoms with van der Waals surface area (Å²) in [6, 6.07) is 15.3. The molecule has 0 spiro atoms. The van der Waals surface area contributed by atoms with Gasteiger partial charge < -0.3 is 14.6 Å². The van der Waals surface area contributed by atoms with Gasteiger partial charge in [-0.15, -0.1) is 0 Å². The van der Waals surface area contributed by atoms with Crippen molar-refractivity contribution < 1.29 is 14.6 Å². The predicted octanol–water partition coefficient (Wildman–Crippen LogP) is 7.44. The molecule has 0 radical (unpaired) electrons. The van der Waals surface area contributed by atoms with Crippen molar-refractivity contribution in [2.45, 2.75) is 94.5 Å². The average molecular weight is 435 g/mol. The van der Waals surface area contributed by atoms with Crippen LogP contribution in [-0.4, -0.2) is 24.4 Å². The number of benzene rings is 2. The summed E-state index contributed by atoms with van der Waals surface area (Å²) >= 11 is 0. The maximum atomic E-state index is 10.6. The van der Waals surface area contributed by atoms with Crippen molar-refractivity contribution >= 4 is 0 Å². The van der Waals surface area contributed by atoms with Gasteiger partial charge in [-0.2, -0.15) is 0 Å². The van der Waals surface area contributed by atoms with Gasteiger partial charge in [-0.1, -0.05) is 56.4 Å². The minimum atomic E-state index is 0.303. The second kappa shape index (κ2) is 10.3. The first-order chi connectivity index (χ1) is 15.8. The summed E-state index contributed by atoms with van der Waals surface area (Å²) < 4.78 is 11.0. The SMILES string of the molecule is Oc1ccc(C2CCC(c3ccc(OCC4CO4)cc3)CC2)cc1C1CCCCCCC1. The molecule has 1 saturated heterocycles. The number of hydrogen-bond donors (Lipinski definition) is 1. The monoisotopic (exact) mass is 434 g/mol. The lowest BCUT2D eigenvalue weighted by molar-refractivity contribution is 0.263. The molecule has 5 rings (SSSR count). The minimum absolute atomic E-state index is 0.303. The number of aromatic hydroxyl groups is 1. The Labute approximate surface area is 193 Å². The van der Waals surface area contributed by atoms with Gasteiger partial charge in [-0.3, -0.25) is 0 Å². The lowest BCUT2D eigenvalue weighted by Crippen LogP contribution is -2.13. The quantitative estimate of drug-likeness (QED) is 0.480. The highest BCUT2D eigenvalue weighted by molar-refractivity contribution is 5.40. The van der Waals surface area contributed by atoms with Gasteiger partial charge in [0.05, 0.1) is 6.61 Å². The largest absolute Gasteiger partial charge is 0.508 e. The molecule has 3 heteroatoms. The fourth-order valence-corrected chi connectivity index (χ4v) is 5.87. The molecule has 2 aliphatic carbocycles. The Kier molecular flexibility index (Phi) is 7.02. The molecule has 0 amide bonds. The molecule has 3 aliphatic rings. The van der Waals surface area contributed by atoms with E-state index in [0.29, 0.717) is 36.2 Å². The van der Waals surface area contributed by atoms with Crippen LogP contribution in [0.25, 0.3) is 0 Å². The molecule has 1 atom stereocenters. The van der Waals surface area contributed by atoms with Crippen LogP contribution < -0.4 is 4.74 Å². The number of rotatable bonds is 6. The molecule has 2 saturated carbocycles. The van der Waals surface area contributed by atoms with E-state index in [4.69, 9.17) is 9.47 Å². The minimum Gasteiger partial charge on any atom is -0.508 e. The second-order valence-electron chi connectivity index (χ2n) is 10.2. The van der Waals surface area contributed by atoms with Crippen LogP contribution in [0.15, 0.2) is 42.5 Å². The van der Waals surface area contributed by atoms with Crippen molar-refractivity contribution in [1.82, 2.24) is 0 Å². The highest BCUT2D eigenvalue weighted by atomic mass is 16.6. The third-order valence-electron chi connectivity index (χ3n) is 7.98. The van der Waals surface area contributed by atoms with Crippen LogP contribution in [0.1, 0.15) is 105 Å². The van der Waals surface area contributed by atoms with Gasteiger partial charge in [-0.25, -0.2) is 0 Å². The van der Waals surface area contributed by atoms with E-state index in [2.05, 4.69) is 36.4 Å². The van der Waals surface area contributed by atoms with Crippen LogP contribution in [0.4, 0.5) is 0 Å². The van der Waals surface area contributed by atoms with E-state index in [1.54, 1.807) is 0 Å². The summed E-state index contributed by atoms with van der Waals surface area (Å²) in [4.78, 5) is 0. The zero-order valence-electron chi connectivity index (χ0n) is 19.3. The molecule has 0 bridgehead atoms. The number of epoxide rings is 1. The van der Waals surface area contributed by atoms with Crippen LogP contribution in [0, 0.1) is 0 Å². The molecule has 3 fully saturated rings. The average Bonchev–Trinajstić information content (AvgIpc) is 3.64. The Morgan fingerprint density at radius 1 is 0.719 bits per heavy atom. The van der Waals surface area contributed by atoms with Crippen LogP contribution in [0.5, 0.6) is 11.5 Å². The standard InChI is InChI=1S/C29H38O3/c30-29-17-14-25(18-28(29)24-6-4-2-1-3-5-7-24)23-10-8-21(9-11-23)22-12-15-26(16-13-22)31-19-27-20-32-27/h12-18,21,23-24,27,30H,1-11,19-20H2. The molecule has 1 N–H and O–H groups in total. The normalized spacial score (nSPS) is 26.8. The van der Waals surface area contributed by atoms with Gasteiger partial charge in [0.1, 0.15) is 24.2 Å². The molecule has 172 valence electrons. The van der Waals surface area contributed by atoms with Crippen molar-refractivity contribution in [3.05, 3.63) is 59.2 Å². The van der Waals surface area contributed by atoms with E-state index >= 15 is 0 Å². The Morgan fingerprint density at radius 2 is 1.31 bits per heavy atom. The maximum Gasteiger partial charge on any atom is 0.119 e. The van der Waals surface area contributed by atoms with Gasteiger partial charge in [0.2, 0.25) is 0 Å². The Balaban J connectivity index is 1.19. The molecule has 2 aromatic carbocycles. The fourth-order valence-electron chi connectivity index (χ4n) is 5.87. The lowest BCUT2D eigenvalue weighted by atomic mass is 9.75. The molecule has 1 heterocycles. The summed E-state index contributed by atoms with van der Waals surface area (Å²) in [6.07, 6.45) is 14.4. The Morgan fingerprint density at radius 3 is 1.97 bits per heavy atom. The van der Waals surface area contributed by atoms with E-state index in [1.165, 1.54) is 87.3 Å². The van der Waals surface area contributed by atoms with Crippen molar-refractivity contribution in [2.75, 3.05) is 13.2 Å². The first kappa shape index (κ1) is 21.8. The molecular weight excluding hydrogens is 396 g/mol. The molecule has 32 heavy (non-hydrogen) atoms. The van der Waals surface area contributed by atoms with Gasteiger partial charge in [0, 0.05) is 0 Å². The number of phenolic OH excluding ortho intramolecular Hbond substituents is 1. The van der Waals surface area contributed by atoms with Gasteiger partial charge in [0.15, 0.2) is 0 Å². The van der Waals surface area contributed by atoms with E-state index in [1.807, 2.05) is 6.07 Å². The third kappa shape index (κ3) is 5.49. The summed E-state index contributed by atoms with van der Waals surface area (Å²) in [5.41, 5.74) is 4.11. The summed E-state index contributed by atoms with van der Waals surface area (Å²) in [5, 5.41) is 10.6. The zero-order chi connectivity index (χ0) is 21.8. The summed E-state index contributed by atoms with van der Waals surface area (Å²) in [7, 11) is 0. The molecule has 1 aliphatic heterocycles. The maximum absolute atomic E-state index is 10.6. The van der Waals surface area contributed by atoms with Gasteiger partial charge in [0.25, 0.3) is 0 Å². The topological polar surface area (TPSA) is 42.0 Å². The van der Waals surface area contributed by atoms with E-state index in [0.717, 1.165) is 12.4 Å². The van der Waals surface area contributed by atoms with Gasteiger partial charge in [-0.05, 0) is 91.2 Å². The van der Waals surface area contributed by atoms with Crippen LogP contribution in [0.2, 0.25) is 0 Å². The van der Waals surface area contributed by atoms with E-state index in [-0.39, 0.29) is 0 Å². The summed E-state index contributed by atoms with van der Waals surface area (Å²) in [6.45, 7) is 1.50. The number of ether oxygens (including phenoxy) is 2. The van der Waals surface area contributed by atoms with Crippen molar-refractivity contribution in [1.29, 1.82) is 0 Å². The fraction of sp³-hybridized carbons (Fsp3) is 0.586. The smallest absolute Gasteiger partial charge is 0.119 e. The molecular formula is C29H38O3. The van der Waals surface area contributed by atoms with Crippen molar-refractivity contribution in [3.63, 3.8) is 0 Å². The number of hydrogen-bond acceptors (Lipinski definition) is 3. The van der Waals surface area contributed by atoms with Crippen LogP contribution >= 0.6 is 0 Å². The molecule has 3 nitrogen and oxygen atoms in total. The first-order valence-corrected chi connectivity index (χ1v) is 12.9. The van der Waals surface area contributed by atoms with Gasteiger partial charge >= 0.3 is 0 Å². The first-order valence-electron chi connectivity index (χ1n) is 12.9. The highest BCUT2D eigenvalue weighted by Gasteiger charge is 2.26. The zero-order valence-corrected chi connectivity index (χ0v) is 19.3. The molecule has 0 aromatic heterocycles. The van der Waals surface area contributed by atoms with E-state index < -0.39 is 0 Å². The predicted molar refractivity (Wildman–Crippen MR) is 129 cm³/mol.